The summed E-state index contributed by atoms with van der Waals surface area (Å²) in [5.74, 6) is -0.182. The first-order valence-corrected chi connectivity index (χ1v) is 5.95. The zero-order valence-corrected chi connectivity index (χ0v) is 11.2. The van der Waals surface area contributed by atoms with Crippen LogP contribution in [0.2, 0.25) is 0 Å². The molecule has 0 aromatic heterocycles. The Kier molecular flexibility index (Phi) is 31.0. The monoisotopic (exact) mass is 236 g/mol. The third-order valence-corrected chi connectivity index (χ3v) is 1.40. The molecule has 0 aliphatic heterocycles. The molecule has 0 saturated heterocycles. The van der Waals surface area contributed by atoms with E-state index < -0.39 is 0 Å². The molecule has 0 aromatic carbocycles. The molecule has 4 heteroatoms. The van der Waals surface area contributed by atoms with Crippen molar-refractivity contribution >= 4 is 5.97 Å². The fourth-order valence-corrected chi connectivity index (χ4v) is 0.360. The van der Waals surface area contributed by atoms with Gasteiger partial charge in [0, 0.05) is 6.92 Å². The third-order valence-electron chi connectivity index (χ3n) is 1.40. The number of rotatable bonds is 5. The Morgan fingerprint density at radius 1 is 1.00 bits per heavy atom. The Bertz CT molecular complexity index is 108. The third kappa shape index (κ3) is 50.3. The van der Waals surface area contributed by atoms with Crippen LogP contribution >= 0.6 is 0 Å². The van der Waals surface area contributed by atoms with E-state index >= 15 is 0 Å². The summed E-state index contributed by atoms with van der Waals surface area (Å²) >= 11 is 0. The molecule has 0 aliphatic carbocycles. The van der Waals surface area contributed by atoms with Gasteiger partial charge in [0.1, 0.15) is 0 Å². The molecular weight excluding hydrogens is 208 g/mol. The smallest absolute Gasteiger partial charge is 0.302 e. The summed E-state index contributed by atoms with van der Waals surface area (Å²) in [4.78, 5) is 10.1. The van der Waals surface area contributed by atoms with E-state index in [1.807, 2.05) is 0 Å². The zero-order valence-electron chi connectivity index (χ0n) is 11.2. The Morgan fingerprint density at radius 3 is 1.62 bits per heavy atom. The van der Waals surface area contributed by atoms with Crippen molar-refractivity contribution in [2.75, 3.05) is 19.8 Å². The first kappa shape index (κ1) is 20.8. The number of unbranched alkanes of at least 4 members (excludes halogenated alkanes) is 2. The molecule has 4 nitrogen and oxygen atoms in total. The maximum atomic E-state index is 10.1. The van der Waals surface area contributed by atoms with Crippen LogP contribution in [0.4, 0.5) is 0 Å². The van der Waals surface area contributed by atoms with Crippen LogP contribution in [-0.2, 0) is 9.53 Å². The van der Waals surface area contributed by atoms with Gasteiger partial charge in [-0.1, -0.05) is 40.0 Å². The molecular formula is C12H28O4. The average molecular weight is 236 g/mol. The second-order valence-corrected chi connectivity index (χ2v) is 3.14. The van der Waals surface area contributed by atoms with E-state index in [1.165, 1.54) is 19.8 Å². The van der Waals surface area contributed by atoms with Gasteiger partial charge in [-0.25, -0.2) is 0 Å². The zero-order chi connectivity index (χ0) is 13.2. The molecule has 0 fully saturated rings. The first-order valence-electron chi connectivity index (χ1n) is 5.95. The van der Waals surface area contributed by atoms with Crippen molar-refractivity contribution in [3.8, 4) is 0 Å². The summed E-state index contributed by atoms with van der Waals surface area (Å²) in [5.41, 5.74) is 0. The van der Waals surface area contributed by atoms with Crippen molar-refractivity contribution in [3.05, 3.63) is 0 Å². The van der Waals surface area contributed by atoms with E-state index in [-0.39, 0.29) is 19.2 Å². The Labute approximate surface area is 99.6 Å². The van der Waals surface area contributed by atoms with Crippen molar-refractivity contribution in [2.24, 2.45) is 0 Å². The molecule has 0 bridgehead atoms. The highest BCUT2D eigenvalue weighted by Crippen LogP contribution is 1.86. The molecule has 2 N–H and O–H groups in total. The highest BCUT2D eigenvalue weighted by atomic mass is 16.5. The van der Waals surface area contributed by atoms with Gasteiger partial charge in [-0.05, 0) is 6.42 Å². The fourth-order valence-electron chi connectivity index (χ4n) is 0.360. The second-order valence-electron chi connectivity index (χ2n) is 3.14. The molecule has 0 aliphatic rings. The minimum absolute atomic E-state index is 0.125. The molecule has 0 spiro atoms. The van der Waals surface area contributed by atoms with Crippen LogP contribution in [0.25, 0.3) is 0 Å². The topological polar surface area (TPSA) is 66.8 Å². The quantitative estimate of drug-likeness (QED) is 0.567. The largest absolute Gasteiger partial charge is 0.466 e. The van der Waals surface area contributed by atoms with E-state index in [0.717, 1.165) is 12.8 Å². The Hall–Kier alpha value is -0.610. The van der Waals surface area contributed by atoms with Crippen LogP contribution in [0.5, 0.6) is 0 Å². The lowest BCUT2D eigenvalue weighted by Gasteiger charge is -1.96. The lowest BCUT2D eigenvalue weighted by molar-refractivity contribution is -0.141. The van der Waals surface area contributed by atoms with Gasteiger partial charge in [-0.3, -0.25) is 4.79 Å². The van der Waals surface area contributed by atoms with Crippen molar-refractivity contribution < 1.29 is 19.7 Å². The molecule has 100 valence electrons. The van der Waals surface area contributed by atoms with Crippen LogP contribution in [0.1, 0.15) is 53.4 Å². The van der Waals surface area contributed by atoms with Crippen molar-refractivity contribution in [3.63, 3.8) is 0 Å². The van der Waals surface area contributed by atoms with Crippen molar-refractivity contribution in [1.29, 1.82) is 0 Å². The van der Waals surface area contributed by atoms with Crippen molar-refractivity contribution in [2.45, 2.75) is 53.4 Å². The SMILES string of the molecule is CCCC.CCCCOC(C)=O.OCCO. The molecule has 0 rings (SSSR count). The normalized spacial score (nSPS) is 8.12. The van der Waals surface area contributed by atoms with E-state index in [2.05, 4.69) is 25.5 Å². The van der Waals surface area contributed by atoms with E-state index in [4.69, 9.17) is 10.2 Å². The summed E-state index contributed by atoms with van der Waals surface area (Å²) in [6.45, 7) is 8.17. The maximum absolute atomic E-state index is 10.1. The molecule has 16 heavy (non-hydrogen) atoms. The molecule has 0 unspecified atom stereocenters. The standard InChI is InChI=1S/C6H12O2.C4H10.C2H6O2/c1-3-4-5-8-6(2)7;1-3-4-2;3-1-2-4/h3-5H2,1-2H3;3-4H2,1-2H3;3-4H,1-2H2. The number of aliphatic hydroxyl groups excluding tert-OH is 2. The summed E-state index contributed by atoms with van der Waals surface area (Å²) in [5, 5.41) is 15.2. The summed E-state index contributed by atoms with van der Waals surface area (Å²) < 4.78 is 4.64. The minimum Gasteiger partial charge on any atom is -0.466 e. The number of hydrogen-bond donors (Lipinski definition) is 2. The second kappa shape index (κ2) is 23.9. The molecule has 0 atom stereocenters. The predicted molar refractivity (Wildman–Crippen MR) is 66.3 cm³/mol. The lowest BCUT2D eigenvalue weighted by atomic mass is 10.4. The molecule has 0 saturated carbocycles. The summed E-state index contributed by atoms with van der Waals surface area (Å²) in [7, 11) is 0. The van der Waals surface area contributed by atoms with Gasteiger partial charge in [0.25, 0.3) is 0 Å². The number of hydrogen-bond acceptors (Lipinski definition) is 4. The van der Waals surface area contributed by atoms with Crippen LogP contribution < -0.4 is 0 Å². The molecule has 0 heterocycles. The first-order chi connectivity index (χ1) is 7.60. The Balaban J connectivity index is -0.000000179. The predicted octanol–water partition coefficient (Wildman–Crippen LogP) is 2.13. The van der Waals surface area contributed by atoms with Gasteiger partial charge < -0.3 is 14.9 Å². The number of aliphatic hydroxyl groups is 2. The van der Waals surface area contributed by atoms with Gasteiger partial charge in [0.05, 0.1) is 19.8 Å². The van der Waals surface area contributed by atoms with Gasteiger partial charge in [0.2, 0.25) is 0 Å². The average Bonchev–Trinajstić information content (AvgIpc) is 2.30. The summed E-state index contributed by atoms with van der Waals surface area (Å²) in [6.07, 6.45) is 4.69. The summed E-state index contributed by atoms with van der Waals surface area (Å²) in [6, 6.07) is 0. The molecule has 0 aromatic rings. The van der Waals surface area contributed by atoms with Crippen LogP contribution in [0, 0.1) is 0 Å². The molecule has 0 amide bonds. The van der Waals surface area contributed by atoms with E-state index in [1.54, 1.807) is 0 Å². The van der Waals surface area contributed by atoms with Crippen LogP contribution in [0.15, 0.2) is 0 Å². The number of carbonyl (C=O) groups excluding carboxylic acids is 1. The highest BCUT2D eigenvalue weighted by molar-refractivity contribution is 5.65. The fraction of sp³-hybridized carbons (Fsp3) is 0.917. The van der Waals surface area contributed by atoms with Crippen LogP contribution in [-0.4, -0.2) is 36.0 Å². The minimum atomic E-state index is -0.182. The van der Waals surface area contributed by atoms with Crippen LogP contribution in [0.3, 0.4) is 0 Å². The number of esters is 1. The van der Waals surface area contributed by atoms with Gasteiger partial charge in [0.15, 0.2) is 0 Å². The molecule has 0 radical (unpaired) electrons. The Morgan fingerprint density at radius 2 is 1.44 bits per heavy atom. The van der Waals surface area contributed by atoms with Gasteiger partial charge in [-0.15, -0.1) is 0 Å². The van der Waals surface area contributed by atoms with E-state index in [0.29, 0.717) is 6.61 Å². The highest BCUT2D eigenvalue weighted by Gasteiger charge is 1.88. The van der Waals surface area contributed by atoms with Gasteiger partial charge in [-0.2, -0.15) is 0 Å². The number of carbonyl (C=O) groups is 1. The lowest BCUT2D eigenvalue weighted by Crippen LogP contribution is -1.99. The maximum Gasteiger partial charge on any atom is 0.302 e. The number of ether oxygens (including phenoxy) is 1. The van der Waals surface area contributed by atoms with E-state index in [9.17, 15) is 4.79 Å². The van der Waals surface area contributed by atoms with Crippen molar-refractivity contribution in [1.82, 2.24) is 0 Å². The van der Waals surface area contributed by atoms with Gasteiger partial charge >= 0.3 is 5.97 Å².